The Labute approximate surface area is 127 Å². The molecular weight excluding hydrogens is 272 g/mol. The van der Waals surface area contributed by atoms with E-state index in [0.717, 1.165) is 19.5 Å². The van der Waals surface area contributed by atoms with Gasteiger partial charge in [0.2, 0.25) is 0 Å². The minimum atomic E-state index is -0.811. The molecule has 0 atom stereocenters. The number of carbonyl (C=O) groups excluding carboxylic acids is 1. The number of piperazine rings is 1. The van der Waals surface area contributed by atoms with Crippen LogP contribution in [0.25, 0.3) is 0 Å². The lowest BCUT2D eigenvalue weighted by atomic mass is 10.3. The molecule has 0 aliphatic carbocycles. The van der Waals surface area contributed by atoms with Crippen molar-refractivity contribution in [1.29, 1.82) is 0 Å². The Balaban J connectivity index is 2.38. The van der Waals surface area contributed by atoms with E-state index >= 15 is 0 Å². The number of nitrogens with zero attached hydrogens (tertiary/aromatic N) is 4. The summed E-state index contributed by atoms with van der Waals surface area (Å²) in [6.45, 7) is 6.98. The van der Waals surface area contributed by atoms with Crippen LogP contribution < -0.4 is 0 Å². The maximum Gasteiger partial charge on any atom is 0.320 e. The Morgan fingerprint density at radius 3 is 2.19 bits per heavy atom. The molecule has 1 N–H and O–H groups in total. The maximum atomic E-state index is 12.4. The first-order valence-electron chi connectivity index (χ1n) is 7.56. The van der Waals surface area contributed by atoms with E-state index < -0.39 is 5.97 Å². The Bertz CT molecular complexity index is 341. The van der Waals surface area contributed by atoms with Gasteiger partial charge >= 0.3 is 12.0 Å². The quantitative estimate of drug-likeness (QED) is 0.721. The van der Waals surface area contributed by atoms with Crippen LogP contribution in [0.15, 0.2) is 0 Å². The van der Waals surface area contributed by atoms with Crippen molar-refractivity contribution in [1.82, 2.24) is 19.6 Å². The van der Waals surface area contributed by atoms with E-state index in [4.69, 9.17) is 5.11 Å². The highest BCUT2D eigenvalue weighted by Crippen LogP contribution is 2.06. The summed E-state index contributed by atoms with van der Waals surface area (Å²) >= 11 is 0. The summed E-state index contributed by atoms with van der Waals surface area (Å²) < 4.78 is 0. The van der Waals surface area contributed by atoms with Crippen molar-refractivity contribution < 1.29 is 14.7 Å². The van der Waals surface area contributed by atoms with E-state index in [1.807, 2.05) is 35.7 Å². The summed E-state index contributed by atoms with van der Waals surface area (Å²) in [4.78, 5) is 30.8. The zero-order chi connectivity index (χ0) is 15.8. The van der Waals surface area contributed by atoms with Gasteiger partial charge in [-0.1, -0.05) is 0 Å². The molecule has 7 nitrogen and oxygen atoms in total. The highest BCUT2D eigenvalue weighted by molar-refractivity contribution is 5.74. The molecule has 21 heavy (non-hydrogen) atoms. The number of urea groups is 1. The molecule has 0 spiro atoms. The van der Waals surface area contributed by atoms with Crippen molar-refractivity contribution >= 4 is 12.0 Å². The number of rotatable bonds is 7. The van der Waals surface area contributed by atoms with Crippen molar-refractivity contribution in [2.45, 2.75) is 13.3 Å². The standard InChI is InChI=1S/C14H28N4O3/c1-4-17(7-5-6-15(2)3)14(21)18-10-8-16(9-11-18)12-13(19)20/h4-12H2,1-3H3,(H,19,20). The zero-order valence-corrected chi connectivity index (χ0v) is 13.4. The number of carboxylic acid groups (broad SMARTS) is 1. The van der Waals surface area contributed by atoms with Crippen molar-refractivity contribution in [2.75, 3.05) is 66.5 Å². The molecule has 0 bridgehead atoms. The molecule has 0 unspecified atom stereocenters. The predicted molar refractivity (Wildman–Crippen MR) is 81.5 cm³/mol. The first kappa shape index (κ1) is 17.7. The molecule has 1 heterocycles. The van der Waals surface area contributed by atoms with E-state index in [2.05, 4.69) is 4.90 Å². The lowest BCUT2D eigenvalue weighted by Crippen LogP contribution is -2.53. The number of carbonyl (C=O) groups is 2. The van der Waals surface area contributed by atoms with E-state index in [1.165, 1.54) is 0 Å². The van der Waals surface area contributed by atoms with Gasteiger partial charge in [-0.15, -0.1) is 0 Å². The first-order valence-corrected chi connectivity index (χ1v) is 7.56. The van der Waals surface area contributed by atoms with E-state index in [0.29, 0.717) is 32.7 Å². The Hall–Kier alpha value is -1.34. The SMILES string of the molecule is CCN(CCCN(C)C)C(=O)N1CCN(CC(=O)O)CC1. The smallest absolute Gasteiger partial charge is 0.320 e. The molecule has 0 aromatic rings. The molecule has 7 heteroatoms. The van der Waals surface area contributed by atoms with Crippen molar-refractivity contribution in [2.24, 2.45) is 0 Å². The molecule has 1 fully saturated rings. The molecular formula is C14H28N4O3. The summed E-state index contributed by atoms with van der Waals surface area (Å²) in [5, 5.41) is 8.77. The molecule has 0 aromatic carbocycles. The van der Waals surface area contributed by atoms with Gasteiger partial charge in [-0.25, -0.2) is 4.79 Å². The monoisotopic (exact) mass is 300 g/mol. The minimum Gasteiger partial charge on any atom is -0.480 e. The molecule has 1 saturated heterocycles. The van der Waals surface area contributed by atoms with Crippen LogP contribution in [0.1, 0.15) is 13.3 Å². The summed E-state index contributed by atoms with van der Waals surface area (Å²) in [5.41, 5.74) is 0. The second-order valence-corrected chi connectivity index (χ2v) is 5.68. The largest absolute Gasteiger partial charge is 0.480 e. The fraction of sp³-hybridized carbons (Fsp3) is 0.857. The van der Waals surface area contributed by atoms with Crippen LogP contribution in [0.3, 0.4) is 0 Å². The third kappa shape index (κ3) is 6.31. The Kier molecular flexibility index (Phi) is 7.45. The van der Waals surface area contributed by atoms with Crippen molar-refractivity contribution in [3.05, 3.63) is 0 Å². The number of carboxylic acids is 1. The second-order valence-electron chi connectivity index (χ2n) is 5.68. The highest BCUT2D eigenvalue weighted by Gasteiger charge is 2.25. The number of hydrogen-bond acceptors (Lipinski definition) is 4. The predicted octanol–water partition coefficient (Wildman–Crippen LogP) is 0.0822. The normalized spacial score (nSPS) is 16.3. The number of hydrogen-bond donors (Lipinski definition) is 1. The van der Waals surface area contributed by atoms with Gasteiger partial charge in [0.25, 0.3) is 0 Å². The summed E-state index contributed by atoms with van der Waals surface area (Å²) in [5.74, 6) is -0.811. The molecule has 0 aromatic heterocycles. The summed E-state index contributed by atoms with van der Waals surface area (Å²) in [7, 11) is 4.06. The van der Waals surface area contributed by atoms with Crippen molar-refractivity contribution in [3.8, 4) is 0 Å². The second kappa shape index (κ2) is 8.84. The molecule has 1 aliphatic heterocycles. The van der Waals surface area contributed by atoms with Crippen LogP contribution in [0, 0.1) is 0 Å². The number of aliphatic carboxylic acids is 1. The van der Waals surface area contributed by atoms with Crippen molar-refractivity contribution in [3.63, 3.8) is 0 Å². The van der Waals surface area contributed by atoms with Crippen LogP contribution in [0.5, 0.6) is 0 Å². The van der Waals surface area contributed by atoms with Crippen LogP contribution in [-0.4, -0.2) is 103 Å². The molecule has 122 valence electrons. The summed E-state index contributed by atoms with van der Waals surface area (Å²) in [6.07, 6.45) is 0.964. The molecule has 0 radical (unpaired) electrons. The number of amides is 2. The van der Waals surface area contributed by atoms with Crippen LogP contribution in [0.2, 0.25) is 0 Å². The Morgan fingerprint density at radius 2 is 1.71 bits per heavy atom. The van der Waals surface area contributed by atoms with Gasteiger partial charge in [-0.05, 0) is 34.0 Å². The fourth-order valence-electron chi connectivity index (χ4n) is 2.46. The van der Waals surface area contributed by atoms with Crippen LogP contribution >= 0.6 is 0 Å². The molecule has 1 aliphatic rings. The lowest BCUT2D eigenvalue weighted by molar-refractivity contribution is -0.138. The van der Waals surface area contributed by atoms with Crippen LogP contribution in [0.4, 0.5) is 4.79 Å². The van der Waals surface area contributed by atoms with E-state index in [1.54, 1.807) is 0 Å². The van der Waals surface area contributed by atoms with Gasteiger partial charge in [0.05, 0.1) is 6.54 Å². The molecule has 2 amide bonds. The Morgan fingerprint density at radius 1 is 1.10 bits per heavy atom. The van der Waals surface area contributed by atoms with Gasteiger partial charge in [0, 0.05) is 39.3 Å². The summed E-state index contributed by atoms with van der Waals surface area (Å²) in [6, 6.07) is 0.0752. The maximum absolute atomic E-state index is 12.4. The van der Waals surface area contributed by atoms with Gasteiger partial charge in [-0.3, -0.25) is 9.69 Å². The topological polar surface area (TPSA) is 67.3 Å². The average molecular weight is 300 g/mol. The molecule has 0 saturated carbocycles. The van der Waals surface area contributed by atoms with Gasteiger partial charge in [-0.2, -0.15) is 0 Å². The third-order valence-corrected chi connectivity index (χ3v) is 3.69. The lowest BCUT2D eigenvalue weighted by Gasteiger charge is -2.36. The third-order valence-electron chi connectivity index (χ3n) is 3.69. The highest BCUT2D eigenvalue weighted by atomic mass is 16.4. The van der Waals surface area contributed by atoms with E-state index in [-0.39, 0.29) is 12.6 Å². The van der Waals surface area contributed by atoms with Crippen LogP contribution in [-0.2, 0) is 4.79 Å². The van der Waals surface area contributed by atoms with Gasteiger partial charge < -0.3 is 19.8 Å². The van der Waals surface area contributed by atoms with Gasteiger partial charge in [0.1, 0.15) is 0 Å². The fourth-order valence-corrected chi connectivity index (χ4v) is 2.46. The zero-order valence-electron chi connectivity index (χ0n) is 13.4. The van der Waals surface area contributed by atoms with Gasteiger partial charge in [0.15, 0.2) is 0 Å². The molecule has 1 rings (SSSR count). The first-order chi connectivity index (χ1) is 9.93. The van der Waals surface area contributed by atoms with E-state index in [9.17, 15) is 9.59 Å². The minimum absolute atomic E-state index is 0.0579. The average Bonchev–Trinajstić information content (AvgIpc) is 2.43.